The van der Waals surface area contributed by atoms with E-state index in [-0.39, 0.29) is 17.6 Å². The Kier molecular flexibility index (Phi) is 3.20. The Morgan fingerprint density at radius 1 is 1.11 bits per heavy atom. The lowest BCUT2D eigenvalue weighted by Crippen LogP contribution is -2.36. The molecule has 3 heteroatoms. The fourth-order valence-electron chi connectivity index (χ4n) is 4.50. The van der Waals surface area contributed by atoms with E-state index in [0.29, 0.717) is 17.8 Å². The summed E-state index contributed by atoms with van der Waals surface area (Å²) in [6.07, 6.45) is 4.28. The van der Waals surface area contributed by atoms with Crippen LogP contribution in [0.4, 0.5) is 0 Å². The monoisotopic (exact) mass is 253 g/mol. The van der Waals surface area contributed by atoms with Crippen molar-refractivity contribution in [2.75, 3.05) is 19.6 Å². The summed E-state index contributed by atoms with van der Waals surface area (Å²) in [7, 11) is 0. The topological polar surface area (TPSA) is 43.7 Å². The Morgan fingerprint density at radius 3 is 2.50 bits per heavy atom. The smallest absolute Gasteiger partial charge is 0.0631 e. The Balaban J connectivity index is 1.56. The molecule has 104 valence electrons. The van der Waals surface area contributed by atoms with Crippen LogP contribution in [0.25, 0.3) is 0 Å². The van der Waals surface area contributed by atoms with Crippen LogP contribution in [0.3, 0.4) is 0 Å². The minimum atomic E-state index is -0.150. The third-order valence-corrected chi connectivity index (χ3v) is 5.79. The van der Waals surface area contributed by atoms with Crippen molar-refractivity contribution in [1.82, 2.24) is 4.90 Å². The minimum absolute atomic E-state index is 0.0649. The molecule has 1 saturated heterocycles. The van der Waals surface area contributed by atoms with Crippen LogP contribution in [0.2, 0.25) is 0 Å². The molecule has 0 amide bonds. The maximum absolute atomic E-state index is 10.4. The number of aliphatic hydroxyl groups is 2. The zero-order valence-electron chi connectivity index (χ0n) is 11.7. The van der Waals surface area contributed by atoms with Crippen LogP contribution in [0, 0.1) is 23.2 Å². The number of nitrogens with zero attached hydrogens (tertiary/aromatic N) is 1. The molecule has 0 aromatic carbocycles. The summed E-state index contributed by atoms with van der Waals surface area (Å²) in [6.45, 7) is 7.59. The van der Waals surface area contributed by atoms with Crippen LogP contribution in [0.1, 0.15) is 39.5 Å². The summed E-state index contributed by atoms with van der Waals surface area (Å²) in [6, 6.07) is 0. The molecule has 0 spiro atoms. The first-order chi connectivity index (χ1) is 8.47. The molecule has 2 saturated carbocycles. The standard InChI is InChI=1S/C15H27NO2/c1-15(2)6-5-11(14(15)18)8-16-7-10-3-4-13(17)12(10)9-16/h10-14,17-18H,3-9H2,1-2H3. The van der Waals surface area contributed by atoms with E-state index in [0.717, 1.165) is 38.9 Å². The number of aliphatic hydroxyl groups excluding tert-OH is 2. The average molecular weight is 253 g/mol. The molecule has 0 aromatic heterocycles. The lowest BCUT2D eigenvalue weighted by Gasteiger charge is -2.28. The molecule has 0 radical (unpaired) electrons. The molecule has 0 bridgehead atoms. The zero-order chi connectivity index (χ0) is 12.9. The lowest BCUT2D eigenvalue weighted by atomic mass is 9.87. The molecule has 3 nitrogen and oxygen atoms in total. The van der Waals surface area contributed by atoms with Gasteiger partial charge in [-0.1, -0.05) is 13.8 Å². The van der Waals surface area contributed by atoms with Crippen LogP contribution in [0.15, 0.2) is 0 Å². The molecule has 5 unspecified atom stereocenters. The summed E-state index contributed by atoms with van der Waals surface area (Å²) < 4.78 is 0. The number of hydrogen-bond acceptors (Lipinski definition) is 3. The van der Waals surface area contributed by atoms with Crippen molar-refractivity contribution in [3.63, 3.8) is 0 Å². The lowest BCUT2D eigenvalue weighted by molar-refractivity contribution is 0.0333. The molecule has 3 fully saturated rings. The van der Waals surface area contributed by atoms with Crippen LogP contribution < -0.4 is 0 Å². The summed E-state index contributed by atoms with van der Waals surface area (Å²) in [4.78, 5) is 2.49. The Labute approximate surface area is 110 Å². The number of likely N-dealkylation sites (tertiary alicyclic amines) is 1. The second-order valence-electron chi connectivity index (χ2n) is 7.52. The summed E-state index contributed by atoms with van der Waals surface area (Å²) >= 11 is 0. The maximum atomic E-state index is 10.4. The Hall–Kier alpha value is -0.120. The van der Waals surface area contributed by atoms with Gasteiger partial charge in [-0.15, -0.1) is 0 Å². The molecule has 18 heavy (non-hydrogen) atoms. The van der Waals surface area contributed by atoms with E-state index >= 15 is 0 Å². The third-order valence-electron chi connectivity index (χ3n) is 5.79. The van der Waals surface area contributed by atoms with Crippen molar-refractivity contribution in [1.29, 1.82) is 0 Å². The number of fused-ring (bicyclic) bond motifs is 1. The normalized spacial score (nSPS) is 47.7. The Bertz CT molecular complexity index is 318. The molecule has 2 aliphatic carbocycles. The van der Waals surface area contributed by atoms with Gasteiger partial charge in [0.15, 0.2) is 0 Å². The predicted octanol–water partition coefficient (Wildman–Crippen LogP) is 1.49. The van der Waals surface area contributed by atoms with Gasteiger partial charge in [0.05, 0.1) is 12.2 Å². The molecule has 5 atom stereocenters. The summed E-state index contributed by atoms with van der Waals surface area (Å²) in [5, 5.41) is 20.3. The molecule has 1 heterocycles. The van der Waals surface area contributed by atoms with E-state index in [2.05, 4.69) is 18.7 Å². The van der Waals surface area contributed by atoms with Gasteiger partial charge in [0.1, 0.15) is 0 Å². The molecule has 0 aromatic rings. The van der Waals surface area contributed by atoms with Gasteiger partial charge < -0.3 is 15.1 Å². The highest BCUT2D eigenvalue weighted by molar-refractivity contribution is 4.97. The molecular weight excluding hydrogens is 226 g/mol. The summed E-state index contributed by atoms with van der Waals surface area (Å²) in [5.41, 5.74) is 0.0970. The molecule has 1 aliphatic heterocycles. The van der Waals surface area contributed by atoms with Crippen LogP contribution in [-0.2, 0) is 0 Å². The fourth-order valence-corrected chi connectivity index (χ4v) is 4.50. The molecular formula is C15H27NO2. The minimum Gasteiger partial charge on any atom is -0.393 e. The van der Waals surface area contributed by atoms with Crippen molar-refractivity contribution in [3.05, 3.63) is 0 Å². The van der Waals surface area contributed by atoms with E-state index in [1.54, 1.807) is 0 Å². The zero-order valence-corrected chi connectivity index (χ0v) is 11.7. The van der Waals surface area contributed by atoms with E-state index in [1.165, 1.54) is 6.42 Å². The van der Waals surface area contributed by atoms with Crippen molar-refractivity contribution in [2.24, 2.45) is 23.2 Å². The quantitative estimate of drug-likeness (QED) is 0.783. The van der Waals surface area contributed by atoms with Crippen LogP contribution in [-0.4, -0.2) is 47.0 Å². The maximum Gasteiger partial charge on any atom is 0.0631 e. The van der Waals surface area contributed by atoms with Gasteiger partial charge in [-0.3, -0.25) is 0 Å². The van der Waals surface area contributed by atoms with Gasteiger partial charge >= 0.3 is 0 Å². The second-order valence-corrected chi connectivity index (χ2v) is 7.52. The summed E-state index contributed by atoms with van der Waals surface area (Å²) in [5.74, 6) is 1.67. The predicted molar refractivity (Wildman–Crippen MR) is 71.2 cm³/mol. The van der Waals surface area contributed by atoms with Gasteiger partial charge in [-0.05, 0) is 42.9 Å². The van der Waals surface area contributed by atoms with Gasteiger partial charge in [0.2, 0.25) is 0 Å². The number of rotatable bonds is 2. The molecule has 3 rings (SSSR count). The highest BCUT2D eigenvalue weighted by Gasteiger charge is 2.45. The van der Waals surface area contributed by atoms with E-state index in [1.807, 2.05) is 0 Å². The van der Waals surface area contributed by atoms with Crippen LogP contribution in [0.5, 0.6) is 0 Å². The number of hydrogen-bond donors (Lipinski definition) is 2. The fraction of sp³-hybridized carbons (Fsp3) is 1.00. The largest absolute Gasteiger partial charge is 0.393 e. The molecule has 2 N–H and O–H groups in total. The van der Waals surface area contributed by atoms with Crippen molar-refractivity contribution in [2.45, 2.75) is 51.7 Å². The second kappa shape index (κ2) is 4.46. The highest BCUT2D eigenvalue weighted by Crippen LogP contribution is 2.43. The first kappa shape index (κ1) is 12.9. The van der Waals surface area contributed by atoms with Crippen molar-refractivity contribution in [3.8, 4) is 0 Å². The van der Waals surface area contributed by atoms with E-state index < -0.39 is 0 Å². The van der Waals surface area contributed by atoms with Crippen LogP contribution >= 0.6 is 0 Å². The first-order valence-electron chi connectivity index (χ1n) is 7.56. The highest BCUT2D eigenvalue weighted by atomic mass is 16.3. The van der Waals surface area contributed by atoms with E-state index in [9.17, 15) is 10.2 Å². The van der Waals surface area contributed by atoms with Gasteiger partial charge in [0.25, 0.3) is 0 Å². The SMILES string of the molecule is CC1(C)CCC(CN2CC3CCC(O)C3C2)C1O. The third kappa shape index (κ3) is 2.10. The van der Waals surface area contributed by atoms with Crippen molar-refractivity contribution < 1.29 is 10.2 Å². The average Bonchev–Trinajstić information content (AvgIpc) is 2.92. The van der Waals surface area contributed by atoms with Crippen molar-refractivity contribution >= 4 is 0 Å². The van der Waals surface area contributed by atoms with Gasteiger partial charge in [-0.25, -0.2) is 0 Å². The van der Waals surface area contributed by atoms with Gasteiger partial charge in [-0.2, -0.15) is 0 Å². The Morgan fingerprint density at radius 2 is 1.89 bits per heavy atom. The first-order valence-corrected chi connectivity index (χ1v) is 7.56. The van der Waals surface area contributed by atoms with E-state index in [4.69, 9.17) is 0 Å². The van der Waals surface area contributed by atoms with Gasteiger partial charge in [0, 0.05) is 25.6 Å². The molecule has 3 aliphatic rings.